The molecule has 8 atom stereocenters. The third-order valence-electron chi connectivity index (χ3n) is 9.26. The number of hydrogen-bond donors (Lipinski definition) is 7. The van der Waals surface area contributed by atoms with Crippen molar-refractivity contribution in [3.63, 3.8) is 0 Å². The number of nitrogens with zero attached hydrogens (tertiary/aromatic N) is 1. The van der Waals surface area contributed by atoms with E-state index < -0.39 is 88.6 Å². The van der Waals surface area contributed by atoms with E-state index in [1.165, 1.54) is 30.0 Å². The summed E-state index contributed by atoms with van der Waals surface area (Å²) in [5.41, 5.74) is 0. The molecule has 0 aromatic heterocycles. The predicted octanol–water partition coefficient (Wildman–Crippen LogP) is 1.35. The summed E-state index contributed by atoms with van der Waals surface area (Å²) in [7, 11) is 0.234. The summed E-state index contributed by atoms with van der Waals surface area (Å²) in [5, 5.41) is 25.8. The average molecular weight is 804 g/mol. The van der Waals surface area contributed by atoms with Gasteiger partial charge in [0.25, 0.3) is 0 Å². The number of rotatable bonds is 15. The topological polar surface area (TPSA) is 232 Å². The van der Waals surface area contributed by atoms with E-state index in [1.807, 2.05) is 47.8 Å². The zero-order valence-electron chi connectivity index (χ0n) is 33.5. The molecule has 54 heavy (non-hydrogen) atoms. The maximum absolute atomic E-state index is 14.2. The Labute approximate surface area is 327 Å². The third-order valence-corrected chi connectivity index (χ3v) is 10.7. The lowest BCUT2D eigenvalue weighted by atomic mass is 9.94. The lowest BCUT2D eigenvalue weighted by molar-refractivity contribution is -0.144. The molecule has 1 heterocycles. The Kier molecular flexibility index (Phi) is 22.4. The molecule has 16 nitrogen and oxygen atoms in total. The second-order valence-corrected chi connectivity index (χ2v) is 17.5. The Hall–Kier alpha value is -3.41. The van der Waals surface area contributed by atoms with Crippen LogP contribution in [0.2, 0.25) is 0 Å². The lowest BCUT2D eigenvalue weighted by Gasteiger charge is -2.35. The summed E-state index contributed by atoms with van der Waals surface area (Å²) >= 11 is 1.46. The third kappa shape index (κ3) is 17.4. The van der Waals surface area contributed by atoms with Crippen LogP contribution in [0.15, 0.2) is 0 Å². The van der Waals surface area contributed by atoms with Gasteiger partial charge in [-0.2, -0.15) is 11.8 Å². The van der Waals surface area contributed by atoms with E-state index in [-0.39, 0.29) is 62.2 Å². The molecule has 0 radical (unpaired) electrons. The monoisotopic (exact) mass is 803 g/mol. The van der Waals surface area contributed by atoms with Gasteiger partial charge in [-0.1, -0.05) is 48.0 Å². The molecule has 0 aromatic carbocycles. The maximum atomic E-state index is 14.2. The molecule has 8 unspecified atom stereocenters. The molecule has 0 spiro atoms. The highest BCUT2D eigenvalue weighted by molar-refractivity contribution is 7.98. The van der Waals surface area contributed by atoms with Gasteiger partial charge in [0.05, 0.1) is 0 Å². The molecule has 1 fully saturated rings. The summed E-state index contributed by atoms with van der Waals surface area (Å²) in [6, 6.07) is -7.43. The predicted molar refractivity (Wildman–Crippen MR) is 211 cm³/mol. The van der Waals surface area contributed by atoms with Crippen molar-refractivity contribution < 1.29 is 42.9 Å². The zero-order valence-corrected chi connectivity index (χ0v) is 35.1. The highest BCUT2D eigenvalue weighted by Crippen LogP contribution is 2.18. The van der Waals surface area contributed by atoms with Gasteiger partial charge in [0.2, 0.25) is 29.5 Å². The molecule has 1 rings (SSSR count). The zero-order chi connectivity index (χ0) is 41.1. The number of thioether (sulfide) groups is 1. The summed E-state index contributed by atoms with van der Waals surface area (Å²) < 4.78 is 12.0. The van der Waals surface area contributed by atoms with Crippen LogP contribution in [0.25, 0.3) is 0 Å². The van der Waals surface area contributed by atoms with Crippen molar-refractivity contribution in [2.24, 2.45) is 17.8 Å². The molecule has 18 heteroatoms. The van der Waals surface area contributed by atoms with Crippen LogP contribution in [0.3, 0.4) is 0 Å². The Morgan fingerprint density at radius 2 is 1.52 bits per heavy atom. The normalized spacial score (nSPS) is 24.5. The first kappa shape index (κ1) is 48.6. The van der Waals surface area contributed by atoms with Gasteiger partial charge in [0, 0.05) is 36.4 Å². The van der Waals surface area contributed by atoms with Gasteiger partial charge >= 0.3 is 12.0 Å². The van der Waals surface area contributed by atoms with E-state index in [0.717, 1.165) is 0 Å². The second-order valence-electron chi connectivity index (χ2n) is 14.9. The quantitative estimate of drug-likeness (QED) is 0.126. The van der Waals surface area contributed by atoms with Gasteiger partial charge in [-0.25, -0.2) is 9.59 Å². The molecular formula is C36H65N7O9S2. The minimum atomic E-state index is -1.25. The first-order valence-corrected chi connectivity index (χ1v) is 22.0. The van der Waals surface area contributed by atoms with Crippen molar-refractivity contribution in [1.29, 1.82) is 0 Å². The smallest absolute Gasteiger partial charge is 0.326 e. The van der Waals surface area contributed by atoms with Crippen molar-refractivity contribution in [2.45, 2.75) is 129 Å². The number of aliphatic carboxylic acids is 1. The fourth-order valence-electron chi connectivity index (χ4n) is 6.10. The average Bonchev–Trinajstić information content (AvgIpc) is 3.08. The number of carboxylic acid groups (broad SMARTS) is 1. The molecule has 310 valence electrons. The Morgan fingerprint density at radius 1 is 0.907 bits per heavy atom. The molecule has 7 amide bonds. The van der Waals surface area contributed by atoms with Gasteiger partial charge in [0.15, 0.2) is 0 Å². The Balaban J connectivity index is 3.65. The largest absolute Gasteiger partial charge is 0.480 e. The van der Waals surface area contributed by atoms with Crippen molar-refractivity contribution in [3.8, 4) is 0 Å². The summed E-state index contributed by atoms with van der Waals surface area (Å²) in [6.07, 6.45) is 5.33. The number of hydrogen-bond acceptors (Lipinski definition) is 9. The van der Waals surface area contributed by atoms with Gasteiger partial charge in [0.1, 0.15) is 36.3 Å². The first-order chi connectivity index (χ1) is 25.3. The number of carbonyl (C=O) groups excluding carboxylic acids is 6. The van der Waals surface area contributed by atoms with Crippen LogP contribution in [0, 0.1) is 17.8 Å². The van der Waals surface area contributed by atoms with E-state index in [0.29, 0.717) is 25.0 Å². The van der Waals surface area contributed by atoms with Crippen molar-refractivity contribution in [2.75, 3.05) is 37.6 Å². The fraction of sp³-hybridized carbons (Fsp3) is 0.806. The van der Waals surface area contributed by atoms with E-state index in [2.05, 4.69) is 31.9 Å². The summed E-state index contributed by atoms with van der Waals surface area (Å²) in [4.78, 5) is 95.4. The Bertz CT molecular complexity index is 1300. The number of carbonyl (C=O) groups is 7. The number of amides is 7. The highest BCUT2D eigenvalue weighted by Gasteiger charge is 2.38. The first-order valence-electron chi connectivity index (χ1n) is 18.9. The molecule has 1 aliphatic heterocycles. The fourth-order valence-corrected chi connectivity index (χ4v) is 7.14. The number of carboxylic acids is 1. The van der Waals surface area contributed by atoms with Crippen LogP contribution in [-0.4, -0.2) is 130 Å². The molecule has 1 saturated heterocycles. The van der Waals surface area contributed by atoms with E-state index in [4.69, 9.17) is 0 Å². The molecule has 0 saturated carbocycles. The summed E-state index contributed by atoms with van der Waals surface area (Å²) in [5.74, 6) is -3.87. The molecule has 0 bridgehead atoms. The minimum Gasteiger partial charge on any atom is -0.480 e. The molecule has 7 N–H and O–H groups in total. The van der Waals surface area contributed by atoms with Crippen molar-refractivity contribution in [1.82, 2.24) is 36.8 Å². The molecule has 0 aliphatic carbocycles. The van der Waals surface area contributed by atoms with Gasteiger partial charge in [-0.05, 0) is 74.7 Å². The van der Waals surface area contributed by atoms with E-state index in [9.17, 15) is 42.9 Å². The number of urea groups is 1. The van der Waals surface area contributed by atoms with Crippen LogP contribution >= 0.6 is 11.8 Å². The van der Waals surface area contributed by atoms with Gasteiger partial charge in [-0.15, -0.1) is 0 Å². The lowest BCUT2D eigenvalue weighted by Crippen LogP contribution is -2.61. The van der Waals surface area contributed by atoms with Crippen molar-refractivity contribution in [3.05, 3.63) is 0 Å². The van der Waals surface area contributed by atoms with E-state index >= 15 is 0 Å². The standard InChI is InChI=1S/C36H65N7O9S2/c1-10-23(6)29-33(47)39-26(15-18-54(9)52)30(44)37-16-12-11-13-24(41-36(51)42-28(35(49)50)20-22(4)5)31(45)38-25(14-17-53-8)32(46)40-27(19-21(2)3)34(48)43(29)7/h21-29H,10-20H2,1-9H3,(H,37,44)(H,38,45)(H,39,47)(H,40,46)(H,49,50)(H2,41,42,51). The van der Waals surface area contributed by atoms with E-state index in [1.54, 1.807) is 0 Å². The van der Waals surface area contributed by atoms with Crippen LogP contribution in [0.5, 0.6) is 0 Å². The van der Waals surface area contributed by atoms with Gasteiger partial charge in [-0.3, -0.25) is 28.2 Å². The van der Waals surface area contributed by atoms with Crippen molar-refractivity contribution >= 4 is 64.1 Å². The molecule has 0 aromatic rings. The summed E-state index contributed by atoms with van der Waals surface area (Å²) in [6.45, 7) is 11.3. The molecule has 1 aliphatic rings. The van der Waals surface area contributed by atoms with Gasteiger partial charge < -0.3 is 41.9 Å². The highest BCUT2D eigenvalue weighted by atomic mass is 32.2. The van der Waals surface area contributed by atoms with Crippen LogP contribution in [-0.2, 0) is 39.6 Å². The number of nitrogens with one attached hydrogen (secondary N) is 6. The molecular weight excluding hydrogens is 739 g/mol. The minimum absolute atomic E-state index is 0.0368. The van der Waals surface area contributed by atoms with Crippen LogP contribution < -0.4 is 31.9 Å². The van der Waals surface area contributed by atoms with Crippen LogP contribution in [0.4, 0.5) is 4.79 Å². The van der Waals surface area contributed by atoms with Crippen LogP contribution in [0.1, 0.15) is 92.9 Å². The SMILES string of the molecule is CCC(C)C1C(=O)NC(CCS(C)=O)C(=O)NCCCCC(NC(=O)NC(CC(C)C)C(=O)O)C(=O)NC(CCSC)C(=O)NC(CC(C)C)C(=O)N1C. The Morgan fingerprint density at radius 3 is 2.07 bits per heavy atom. The maximum Gasteiger partial charge on any atom is 0.326 e. The number of likely N-dealkylation sites (N-methyl/N-ethyl adjacent to an activating group) is 1. The second kappa shape index (κ2) is 24.9.